The Balaban J connectivity index is 1.28. The first-order chi connectivity index (χ1) is 12.3. The lowest BCUT2D eigenvalue weighted by atomic mass is 9.99. The third kappa shape index (κ3) is 4.37. The summed E-state index contributed by atoms with van der Waals surface area (Å²) in [6, 6.07) is 10.3. The largest absolute Gasteiger partial charge is 0.387 e. The molecular formula is C18H20ClN3OS2. The van der Waals surface area contributed by atoms with Crippen molar-refractivity contribution < 1.29 is 4.84 Å². The lowest BCUT2D eigenvalue weighted by Gasteiger charge is -2.25. The minimum absolute atomic E-state index is 0.0513. The molecule has 7 heteroatoms. The highest BCUT2D eigenvalue weighted by atomic mass is 35.5. The molecule has 1 aromatic carbocycles. The molecule has 0 saturated carbocycles. The second-order valence-electron chi connectivity index (χ2n) is 6.34. The summed E-state index contributed by atoms with van der Waals surface area (Å²) in [6.45, 7) is 1.90. The van der Waals surface area contributed by atoms with Crippen LogP contribution in [0.15, 0.2) is 40.9 Å². The second-order valence-corrected chi connectivity index (χ2v) is 8.76. The van der Waals surface area contributed by atoms with Crippen LogP contribution in [-0.4, -0.2) is 27.5 Å². The van der Waals surface area contributed by atoms with Crippen LogP contribution < -0.4 is 0 Å². The zero-order chi connectivity index (χ0) is 17.1. The minimum Gasteiger partial charge on any atom is -0.387 e. The molecule has 2 aliphatic heterocycles. The summed E-state index contributed by atoms with van der Waals surface area (Å²) in [6.07, 6.45) is 3.10. The van der Waals surface area contributed by atoms with Gasteiger partial charge in [-0.3, -0.25) is 0 Å². The van der Waals surface area contributed by atoms with E-state index >= 15 is 0 Å². The number of rotatable bonds is 4. The average molecular weight is 394 g/mol. The Kier molecular flexibility index (Phi) is 5.60. The van der Waals surface area contributed by atoms with E-state index in [1.165, 1.54) is 10.6 Å². The molecule has 1 fully saturated rings. The fourth-order valence-electron chi connectivity index (χ4n) is 3.12. The van der Waals surface area contributed by atoms with Crippen molar-refractivity contribution in [3.63, 3.8) is 0 Å². The van der Waals surface area contributed by atoms with Gasteiger partial charge in [-0.15, -0.1) is 23.1 Å². The van der Waals surface area contributed by atoms with E-state index in [4.69, 9.17) is 21.6 Å². The van der Waals surface area contributed by atoms with Crippen LogP contribution in [0.5, 0.6) is 0 Å². The lowest BCUT2D eigenvalue weighted by molar-refractivity contribution is 0.0858. The van der Waals surface area contributed by atoms with Gasteiger partial charge in [0.1, 0.15) is 5.04 Å². The second kappa shape index (κ2) is 8.08. The Morgan fingerprint density at radius 3 is 2.84 bits per heavy atom. The van der Waals surface area contributed by atoms with Crippen LogP contribution in [0.4, 0.5) is 0 Å². The molecule has 1 aromatic heterocycles. The fraction of sp³-hybridized carbons (Fsp3) is 0.444. The zero-order valence-electron chi connectivity index (χ0n) is 13.8. The maximum Gasteiger partial charge on any atom is 0.158 e. The number of thiazole rings is 1. The molecule has 3 heterocycles. The van der Waals surface area contributed by atoms with Gasteiger partial charge in [0.15, 0.2) is 6.10 Å². The predicted molar refractivity (Wildman–Crippen MR) is 105 cm³/mol. The van der Waals surface area contributed by atoms with Gasteiger partial charge in [-0.2, -0.15) is 0 Å². The topological polar surface area (TPSA) is 37.7 Å². The van der Waals surface area contributed by atoms with Crippen molar-refractivity contribution in [2.24, 2.45) is 5.16 Å². The summed E-state index contributed by atoms with van der Waals surface area (Å²) >= 11 is 9.56. The molecule has 0 bridgehead atoms. The van der Waals surface area contributed by atoms with E-state index in [0.29, 0.717) is 5.92 Å². The summed E-state index contributed by atoms with van der Waals surface area (Å²) in [4.78, 5) is 10.4. The summed E-state index contributed by atoms with van der Waals surface area (Å²) in [5.74, 6) is 1.42. The molecule has 132 valence electrons. The van der Waals surface area contributed by atoms with Gasteiger partial charge in [0.05, 0.1) is 10.7 Å². The van der Waals surface area contributed by atoms with Gasteiger partial charge in [-0.1, -0.05) is 35.5 Å². The Hall–Kier alpha value is -1.08. The number of oxime groups is 1. The third-order valence-electron chi connectivity index (χ3n) is 4.56. The van der Waals surface area contributed by atoms with E-state index in [9.17, 15) is 0 Å². The van der Waals surface area contributed by atoms with Crippen molar-refractivity contribution in [2.75, 3.05) is 13.1 Å². The first-order valence-corrected chi connectivity index (χ1v) is 10.7. The normalized spacial score (nSPS) is 22.0. The Bertz CT molecular complexity index is 729. The number of halogens is 1. The molecule has 2 aromatic rings. The molecule has 1 atom stereocenters. The minimum atomic E-state index is 0.0513. The van der Waals surface area contributed by atoms with Gasteiger partial charge < -0.3 is 4.84 Å². The molecule has 0 radical (unpaired) electrons. The molecule has 4 rings (SSSR count). The van der Waals surface area contributed by atoms with E-state index in [1.54, 1.807) is 23.1 Å². The Labute approximate surface area is 161 Å². The number of aromatic nitrogens is 1. The van der Waals surface area contributed by atoms with Crippen molar-refractivity contribution in [2.45, 2.75) is 37.0 Å². The highest BCUT2D eigenvalue weighted by Gasteiger charge is 2.24. The van der Waals surface area contributed by atoms with Crippen LogP contribution >= 0.6 is 34.9 Å². The number of benzene rings is 1. The van der Waals surface area contributed by atoms with Gasteiger partial charge >= 0.3 is 0 Å². The van der Waals surface area contributed by atoms with Crippen molar-refractivity contribution in [3.8, 4) is 0 Å². The molecule has 1 saturated heterocycles. The average Bonchev–Trinajstić information content (AvgIpc) is 3.31. The standard InChI is InChI=1S/C18H20ClN3OS2/c19-22-8-6-14(7-9-22)18-20-15(12-25-18)11-24-17-10-16(23-21-17)13-4-2-1-3-5-13/h1-5,12,14,16H,6-11H2. The predicted octanol–water partition coefficient (Wildman–Crippen LogP) is 5.18. The molecule has 1 unspecified atom stereocenters. The van der Waals surface area contributed by atoms with Gasteiger partial charge in [0.25, 0.3) is 0 Å². The molecule has 0 N–H and O–H groups in total. The van der Waals surface area contributed by atoms with E-state index in [-0.39, 0.29) is 6.10 Å². The van der Waals surface area contributed by atoms with E-state index in [1.807, 2.05) is 22.6 Å². The van der Waals surface area contributed by atoms with E-state index in [0.717, 1.165) is 48.8 Å². The van der Waals surface area contributed by atoms with Gasteiger partial charge in [0, 0.05) is 36.6 Å². The zero-order valence-corrected chi connectivity index (χ0v) is 16.2. The van der Waals surface area contributed by atoms with Crippen molar-refractivity contribution >= 4 is 39.9 Å². The Morgan fingerprint density at radius 2 is 2.04 bits per heavy atom. The van der Waals surface area contributed by atoms with E-state index < -0.39 is 0 Å². The first-order valence-electron chi connectivity index (χ1n) is 8.53. The molecular weight excluding hydrogens is 374 g/mol. The van der Waals surface area contributed by atoms with Gasteiger partial charge in [0.2, 0.25) is 0 Å². The monoisotopic (exact) mass is 393 g/mol. The van der Waals surface area contributed by atoms with Gasteiger partial charge in [-0.05, 0) is 30.2 Å². The molecule has 0 aliphatic carbocycles. The van der Waals surface area contributed by atoms with Crippen molar-refractivity contribution in [1.82, 2.24) is 9.40 Å². The Morgan fingerprint density at radius 1 is 1.24 bits per heavy atom. The summed E-state index contributed by atoms with van der Waals surface area (Å²) in [7, 11) is 0. The van der Waals surface area contributed by atoms with Crippen LogP contribution in [0.2, 0.25) is 0 Å². The quantitative estimate of drug-likeness (QED) is 0.670. The first kappa shape index (κ1) is 17.3. The highest BCUT2D eigenvalue weighted by Crippen LogP contribution is 2.34. The fourth-order valence-corrected chi connectivity index (χ4v) is 5.23. The molecule has 4 nitrogen and oxygen atoms in total. The van der Waals surface area contributed by atoms with Crippen LogP contribution in [0, 0.1) is 0 Å². The van der Waals surface area contributed by atoms with Crippen LogP contribution in [0.3, 0.4) is 0 Å². The number of piperidine rings is 1. The van der Waals surface area contributed by atoms with Crippen molar-refractivity contribution in [1.29, 1.82) is 0 Å². The maximum atomic E-state index is 6.04. The SMILES string of the molecule is ClN1CCC(c2nc(CSC3=NOC(c4ccccc4)C3)cs2)CC1. The van der Waals surface area contributed by atoms with Crippen molar-refractivity contribution in [3.05, 3.63) is 52.0 Å². The summed E-state index contributed by atoms with van der Waals surface area (Å²) < 4.78 is 1.88. The van der Waals surface area contributed by atoms with Crippen LogP contribution in [-0.2, 0) is 10.6 Å². The summed E-state index contributed by atoms with van der Waals surface area (Å²) in [5, 5.41) is 8.74. The molecule has 2 aliphatic rings. The number of nitrogens with zero attached hydrogens (tertiary/aromatic N) is 3. The lowest BCUT2D eigenvalue weighted by Crippen LogP contribution is -2.25. The van der Waals surface area contributed by atoms with E-state index in [2.05, 4.69) is 22.7 Å². The third-order valence-corrected chi connectivity index (χ3v) is 6.97. The maximum absolute atomic E-state index is 6.04. The number of hydrogen-bond donors (Lipinski definition) is 0. The highest BCUT2D eigenvalue weighted by molar-refractivity contribution is 8.13. The summed E-state index contributed by atoms with van der Waals surface area (Å²) in [5.41, 5.74) is 2.33. The number of thioether (sulfide) groups is 1. The molecule has 25 heavy (non-hydrogen) atoms. The molecule has 0 amide bonds. The van der Waals surface area contributed by atoms with Crippen LogP contribution in [0.1, 0.15) is 47.5 Å². The number of hydrogen-bond acceptors (Lipinski definition) is 6. The smallest absolute Gasteiger partial charge is 0.158 e. The van der Waals surface area contributed by atoms with Gasteiger partial charge in [-0.25, -0.2) is 9.40 Å². The molecule has 0 spiro atoms. The van der Waals surface area contributed by atoms with Crippen LogP contribution in [0.25, 0.3) is 0 Å².